The summed E-state index contributed by atoms with van der Waals surface area (Å²) in [5, 5.41) is 17.9. The lowest BCUT2D eigenvalue weighted by Gasteiger charge is -2.36. The Hall–Kier alpha value is -3.06. The van der Waals surface area contributed by atoms with Gasteiger partial charge in [-0.3, -0.25) is 0 Å². The van der Waals surface area contributed by atoms with Crippen molar-refractivity contribution in [3.8, 4) is 11.5 Å². The molecule has 0 amide bonds. The molecule has 0 aromatic heterocycles. The molecule has 2 atom stereocenters. The van der Waals surface area contributed by atoms with Crippen molar-refractivity contribution < 1.29 is 29.3 Å². The summed E-state index contributed by atoms with van der Waals surface area (Å²) in [4.78, 5) is 21.7. The third-order valence-electron chi connectivity index (χ3n) is 5.78. The molecule has 4 rings (SSSR count). The van der Waals surface area contributed by atoms with Crippen LogP contribution in [0.5, 0.6) is 11.5 Å². The van der Waals surface area contributed by atoms with Crippen LogP contribution in [-0.2, 0) is 9.59 Å². The molecule has 2 aliphatic heterocycles. The van der Waals surface area contributed by atoms with Crippen molar-refractivity contribution in [1.29, 1.82) is 0 Å². The Morgan fingerprint density at radius 2 is 1.43 bits per heavy atom. The lowest BCUT2D eigenvalue weighted by Crippen LogP contribution is -2.43. The molecular formula is C23H27NO6. The van der Waals surface area contributed by atoms with Crippen LogP contribution in [0.25, 0.3) is 10.8 Å². The zero-order valence-corrected chi connectivity index (χ0v) is 17.2. The number of benzene rings is 2. The van der Waals surface area contributed by atoms with Gasteiger partial charge in [0.2, 0.25) is 0 Å². The van der Waals surface area contributed by atoms with Gasteiger partial charge in [0, 0.05) is 35.0 Å². The van der Waals surface area contributed by atoms with Crippen molar-refractivity contribution in [2.45, 2.75) is 43.9 Å². The normalized spacial score (nSPS) is 23.1. The SMILES string of the molecule is COc1ccc(OC2CC3CCC(C2)N3C)c2ccccc12.O=C(O)/C=C/C(=O)O. The van der Waals surface area contributed by atoms with Crippen molar-refractivity contribution in [3.05, 3.63) is 48.6 Å². The molecule has 0 spiro atoms. The maximum Gasteiger partial charge on any atom is 0.328 e. The summed E-state index contributed by atoms with van der Waals surface area (Å²) in [6.07, 6.45) is 6.39. The zero-order valence-electron chi connectivity index (χ0n) is 17.2. The van der Waals surface area contributed by atoms with Crippen molar-refractivity contribution in [3.63, 3.8) is 0 Å². The predicted molar refractivity (Wildman–Crippen MR) is 113 cm³/mol. The highest BCUT2D eigenvalue weighted by molar-refractivity contribution is 5.93. The van der Waals surface area contributed by atoms with Crippen LogP contribution in [0.1, 0.15) is 25.7 Å². The quantitative estimate of drug-likeness (QED) is 0.724. The largest absolute Gasteiger partial charge is 0.496 e. The van der Waals surface area contributed by atoms with Crippen LogP contribution in [0.4, 0.5) is 0 Å². The monoisotopic (exact) mass is 413 g/mol. The van der Waals surface area contributed by atoms with E-state index in [1.807, 2.05) is 12.1 Å². The number of fused-ring (bicyclic) bond motifs is 3. The Morgan fingerprint density at radius 3 is 1.93 bits per heavy atom. The number of piperidine rings is 1. The topological polar surface area (TPSA) is 96.3 Å². The van der Waals surface area contributed by atoms with Crippen LogP contribution in [-0.4, -0.2) is 59.4 Å². The zero-order chi connectivity index (χ0) is 21.7. The molecule has 0 aliphatic carbocycles. The first-order chi connectivity index (χ1) is 14.4. The fraction of sp³-hybridized carbons (Fsp3) is 0.391. The fourth-order valence-electron chi connectivity index (χ4n) is 4.30. The maximum absolute atomic E-state index is 9.55. The second-order valence-corrected chi connectivity index (χ2v) is 7.58. The van der Waals surface area contributed by atoms with Gasteiger partial charge in [-0.15, -0.1) is 0 Å². The third-order valence-corrected chi connectivity index (χ3v) is 5.78. The first kappa shape index (κ1) is 21.6. The van der Waals surface area contributed by atoms with E-state index in [1.165, 1.54) is 12.8 Å². The number of hydrogen-bond donors (Lipinski definition) is 2. The number of nitrogens with zero attached hydrogens (tertiary/aromatic N) is 1. The lowest BCUT2D eigenvalue weighted by atomic mass is 10.00. The molecule has 2 fully saturated rings. The van der Waals surface area contributed by atoms with Crippen LogP contribution in [0, 0.1) is 0 Å². The van der Waals surface area contributed by atoms with E-state index in [1.54, 1.807) is 7.11 Å². The number of aliphatic carboxylic acids is 2. The minimum Gasteiger partial charge on any atom is -0.496 e. The van der Waals surface area contributed by atoms with Crippen LogP contribution >= 0.6 is 0 Å². The molecule has 0 saturated carbocycles. The van der Waals surface area contributed by atoms with Gasteiger partial charge in [0.25, 0.3) is 0 Å². The van der Waals surface area contributed by atoms with Gasteiger partial charge >= 0.3 is 11.9 Å². The average Bonchev–Trinajstić information content (AvgIpc) is 2.93. The Kier molecular flexibility index (Phi) is 6.95. The van der Waals surface area contributed by atoms with E-state index >= 15 is 0 Å². The van der Waals surface area contributed by atoms with Crippen molar-refractivity contribution >= 4 is 22.7 Å². The van der Waals surface area contributed by atoms with Crippen LogP contribution in [0.15, 0.2) is 48.6 Å². The summed E-state index contributed by atoms with van der Waals surface area (Å²) in [7, 11) is 3.98. The van der Waals surface area contributed by atoms with Crippen LogP contribution < -0.4 is 9.47 Å². The molecule has 2 N–H and O–H groups in total. The molecule has 2 bridgehead atoms. The molecule has 2 aromatic carbocycles. The average molecular weight is 413 g/mol. The van der Waals surface area contributed by atoms with E-state index in [4.69, 9.17) is 19.7 Å². The van der Waals surface area contributed by atoms with Gasteiger partial charge in [-0.1, -0.05) is 24.3 Å². The Morgan fingerprint density at radius 1 is 0.933 bits per heavy atom. The summed E-state index contributed by atoms with van der Waals surface area (Å²) in [6.45, 7) is 0. The summed E-state index contributed by atoms with van der Waals surface area (Å²) in [6, 6.07) is 13.8. The van der Waals surface area contributed by atoms with Crippen molar-refractivity contribution in [2.75, 3.05) is 14.2 Å². The Balaban J connectivity index is 0.000000275. The van der Waals surface area contributed by atoms with E-state index < -0.39 is 11.9 Å². The van der Waals surface area contributed by atoms with Gasteiger partial charge in [0.15, 0.2) is 0 Å². The molecular weight excluding hydrogens is 386 g/mol. The Bertz CT molecular complexity index is 910. The third kappa shape index (κ3) is 5.10. The summed E-state index contributed by atoms with van der Waals surface area (Å²) in [5.41, 5.74) is 0. The number of rotatable bonds is 5. The number of methoxy groups -OCH3 is 1. The summed E-state index contributed by atoms with van der Waals surface area (Å²) >= 11 is 0. The van der Waals surface area contributed by atoms with Gasteiger partial charge in [0.05, 0.1) is 7.11 Å². The lowest BCUT2D eigenvalue weighted by molar-refractivity contribution is -0.134. The Labute approximate surface area is 175 Å². The molecule has 2 heterocycles. The first-order valence-electron chi connectivity index (χ1n) is 9.97. The van der Waals surface area contributed by atoms with Crippen molar-refractivity contribution in [2.24, 2.45) is 0 Å². The van der Waals surface area contributed by atoms with E-state index in [0.29, 0.717) is 30.3 Å². The number of ether oxygens (including phenoxy) is 2. The van der Waals surface area contributed by atoms with E-state index in [0.717, 1.165) is 35.1 Å². The highest BCUT2D eigenvalue weighted by Crippen LogP contribution is 2.38. The molecule has 30 heavy (non-hydrogen) atoms. The van der Waals surface area contributed by atoms with E-state index in [2.05, 4.69) is 36.2 Å². The predicted octanol–water partition coefficient (Wildman–Crippen LogP) is 3.56. The molecule has 2 aromatic rings. The van der Waals surface area contributed by atoms with Gasteiger partial charge in [-0.2, -0.15) is 0 Å². The molecule has 2 unspecified atom stereocenters. The first-order valence-corrected chi connectivity index (χ1v) is 9.97. The minimum absolute atomic E-state index is 0.338. The van der Waals surface area contributed by atoms with E-state index in [9.17, 15) is 9.59 Å². The number of carboxylic acid groups (broad SMARTS) is 2. The van der Waals surface area contributed by atoms with Crippen LogP contribution in [0.2, 0.25) is 0 Å². The molecule has 2 saturated heterocycles. The smallest absolute Gasteiger partial charge is 0.328 e. The van der Waals surface area contributed by atoms with E-state index in [-0.39, 0.29) is 0 Å². The minimum atomic E-state index is -1.26. The molecule has 7 nitrogen and oxygen atoms in total. The molecule has 7 heteroatoms. The fourth-order valence-corrected chi connectivity index (χ4v) is 4.30. The summed E-state index contributed by atoms with van der Waals surface area (Å²) < 4.78 is 11.9. The summed E-state index contributed by atoms with van der Waals surface area (Å²) in [5.74, 6) is -0.614. The molecule has 2 aliphatic rings. The maximum atomic E-state index is 9.55. The standard InChI is InChI=1S/C19H23NO2.C4H4O4/c1-20-13-7-8-14(20)12-15(11-13)22-19-10-9-18(21-2)16-5-3-4-6-17(16)19;5-3(6)1-2-4(7)8/h3-6,9-10,13-15H,7-8,11-12H2,1-2H3;1-2H,(H,5,6)(H,7,8)/b;2-1+. The highest BCUT2D eigenvalue weighted by Gasteiger charge is 2.39. The number of hydrogen-bond acceptors (Lipinski definition) is 5. The molecule has 160 valence electrons. The van der Waals surface area contributed by atoms with Crippen LogP contribution in [0.3, 0.4) is 0 Å². The molecule has 0 radical (unpaired) electrons. The highest BCUT2D eigenvalue weighted by atomic mass is 16.5. The number of carbonyl (C=O) groups is 2. The number of carboxylic acids is 2. The van der Waals surface area contributed by atoms with Gasteiger partial charge in [0.1, 0.15) is 17.6 Å². The van der Waals surface area contributed by atoms with Gasteiger partial charge < -0.3 is 24.6 Å². The van der Waals surface area contributed by atoms with Gasteiger partial charge in [-0.25, -0.2) is 9.59 Å². The second kappa shape index (κ2) is 9.63. The van der Waals surface area contributed by atoms with Crippen molar-refractivity contribution in [1.82, 2.24) is 4.90 Å². The second-order valence-electron chi connectivity index (χ2n) is 7.58. The van der Waals surface area contributed by atoms with Gasteiger partial charge in [-0.05, 0) is 44.9 Å².